The second-order valence-electron chi connectivity index (χ2n) is 2.44. The monoisotopic (exact) mass is 174 g/mol. The smallest absolute Gasteiger partial charge is 0.118 e. The lowest BCUT2D eigenvalue weighted by atomic mass is 10.3. The van der Waals surface area contributed by atoms with Gasteiger partial charge < -0.3 is 10.6 Å². The number of hydrogen-bond donors (Lipinski definition) is 1. The van der Waals surface area contributed by atoms with Crippen molar-refractivity contribution in [3.8, 4) is 0 Å². The topological polar surface area (TPSA) is 47.6 Å². The summed E-state index contributed by atoms with van der Waals surface area (Å²) in [6.45, 7) is 1.34. The van der Waals surface area contributed by atoms with Gasteiger partial charge in [0.25, 0.3) is 0 Å². The molecule has 1 rings (SSSR count). The van der Waals surface area contributed by atoms with E-state index in [9.17, 15) is 0 Å². The standard InChI is InChI=1S/C7H14N2OS/c8-3-1-4-10-9-7-2-5-11-6-7/h1-6,8H2/b9-7+. The van der Waals surface area contributed by atoms with E-state index < -0.39 is 0 Å². The molecule has 0 bridgehead atoms. The van der Waals surface area contributed by atoms with Crippen LogP contribution >= 0.6 is 11.8 Å². The molecule has 1 fully saturated rings. The number of oxime groups is 1. The predicted octanol–water partition coefficient (Wildman–Crippen LogP) is 0.845. The molecular weight excluding hydrogens is 160 g/mol. The van der Waals surface area contributed by atoms with E-state index >= 15 is 0 Å². The van der Waals surface area contributed by atoms with Crippen LogP contribution in [-0.4, -0.2) is 30.4 Å². The molecule has 0 atom stereocenters. The number of nitrogens with two attached hydrogens (primary N) is 1. The van der Waals surface area contributed by atoms with E-state index in [-0.39, 0.29) is 0 Å². The number of nitrogens with zero attached hydrogens (tertiary/aromatic N) is 1. The highest BCUT2D eigenvalue weighted by Crippen LogP contribution is 2.14. The third-order valence-electron chi connectivity index (χ3n) is 1.44. The molecule has 64 valence electrons. The molecule has 0 spiro atoms. The van der Waals surface area contributed by atoms with Gasteiger partial charge in [-0.3, -0.25) is 0 Å². The van der Waals surface area contributed by atoms with E-state index in [2.05, 4.69) is 5.16 Å². The SMILES string of the molecule is NCCCO/N=C1\CCSC1. The molecule has 0 aromatic heterocycles. The maximum Gasteiger partial charge on any atom is 0.118 e. The molecule has 0 aromatic carbocycles. The molecule has 1 saturated heterocycles. The summed E-state index contributed by atoms with van der Waals surface area (Å²) in [7, 11) is 0. The van der Waals surface area contributed by atoms with Crippen molar-refractivity contribution < 1.29 is 4.84 Å². The minimum atomic E-state index is 0.657. The number of rotatable bonds is 4. The Morgan fingerprint density at radius 2 is 2.55 bits per heavy atom. The maximum absolute atomic E-state index is 5.29. The summed E-state index contributed by atoms with van der Waals surface area (Å²) in [5, 5.41) is 4.00. The van der Waals surface area contributed by atoms with Crippen LogP contribution in [0.25, 0.3) is 0 Å². The highest BCUT2D eigenvalue weighted by molar-refractivity contribution is 8.00. The van der Waals surface area contributed by atoms with Gasteiger partial charge in [0.05, 0.1) is 5.71 Å². The Labute approximate surface area is 71.3 Å². The first-order valence-electron chi connectivity index (χ1n) is 3.89. The molecular formula is C7H14N2OS. The Hall–Kier alpha value is -0.220. The molecule has 0 amide bonds. The molecule has 0 unspecified atom stereocenters. The normalized spacial score (nSPS) is 21.0. The minimum absolute atomic E-state index is 0.657. The van der Waals surface area contributed by atoms with Gasteiger partial charge in [0.15, 0.2) is 0 Å². The molecule has 0 radical (unpaired) electrons. The lowest BCUT2D eigenvalue weighted by molar-refractivity contribution is 0.143. The molecule has 11 heavy (non-hydrogen) atoms. The van der Waals surface area contributed by atoms with Crippen LogP contribution in [0.1, 0.15) is 12.8 Å². The average Bonchev–Trinajstić information content (AvgIpc) is 2.50. The van der Waals surface area contributed by atoms with Crippen molar-refractivity contribution in [2.24, 2.45) is 10.9 Å². The molecule has 1 aliphatic heterocycles. The molecule has 0 saturated carbocycles. The lowest BCUT2D eigenvalue weighted by Crippen LogP contribution is -2.03. The van der Waals surface area contributed by atoms with E-state index in [0.717, 1.165) is 18.6 Å². The Kier molecular flexibility index (Phi) is 4.38. The Bertz CT molecular complexity index is 130. The fourth-order valence-electron chi connectivity index (χ4n) is 0.809. The van der Waals surface area contributed by atoms with Gasteiger partial charge in [0, 0.05) is 5.75 Å². The minimum Gasteiger partial charge on any atom is -0.396 e. The summed E-state index contributed by atoms with van der Waals surface area (Å²) in [5.41, 5.74) is 6.48. The van der Waals surface area contributed by atoms with E-state index in [0.29, 0.717) is 13.2 Å². The fourth-order valence-corrected chi connectivity index (χ4v) is 1.77. The van der Waals surface area contributed by atoms with E-state index in [1.165, 1.54) is 11.5 Å². The van der Waals surface area contributed by atoms with Crippen molar-refractivity contribution in [1.82, 2.24) is 0 Å². The van der Waals surface area contributed by atoms with Crippen molar-refractivity contribution >= 4 is 17.5 Å². The zero-order valence-electron chi connectivity index (χ0n) is 6.58. The Balaban J connectivity index is 2.03. The van der Waals surface area contributed by atoms with Crippen LogP contribution in [0.5, 0.6) is 0 Å². The van der Waals surface area contributed by atoms with Crippen LogP contribution < -0.4 is 5.73 Å². The first-order chi connectivity index (χ1) is 5.43. The van der Waals surface area contributed by atoms with Gasteiger partial charge in [-0.25, -0.2) is 0 Å². The summed E-state index contributed by atoms with van der Waals surface area (Å²) in [4.78, 5) is 5.05. The molecule has 1 aliphatic rings. The van der Waals surface area contributed by atoms with Crippen molar-refractivity contribution in [2.75, 3.05) is 24.7 Å². The quantitative estimate of drug-likeness (QED) is 0.507. The predicted molar refractivity (Wildman–Crippen MR) is 49.0 cm³/mol. The van der Waals surface area contributed by atoms with Crippen LogP contribution in [0.2, 0.25) is 0 Å². The summed E-state index contributed by atoms with van der Waals surface area (Å²) < 4.78 is 0. The van der Waals surface area contributed by atoms with Crippen LogP contribution in [0.15, 0.2) is 5.16 Å². The Morgan fingerprint density at radius 3 is 3.18 bits per heavy atom. The summed E-state index contributed by atoms with van der Waals surface area (Å²) in [6, 6.07) is 0. The third-order valence-corrected chi connectivity index (χ3v) is 2.47. The van der Waals surface area contributed by atoms with Crippen LogP contribution in [-0.2, 0) is 4.84 Å². The third kappa shape index (κ3) is 3.62. The van der Waals surface area contributed by atoms with E-state index in [1.54, 1.807) is 0 Å². The zero-order chi connectivity index (χ0) is 7.94. The van der Waals surface area contributed by atoms with Crippen LogP contribution in [0.3, 0.4) is 0 Å². The van der Waals surface area contributed by atoms with Gasteiger partial charge in [-0.15, -0.1) is 0 Å². The van der Waals surface area contributed by atoms with E-state index in [4.69, 9.17) is 10.6 Å². The van der Waals surface area contributed by atoms with Gasteiger partial charge >= 0.3 is 0 Å². The van der Waals surface area contributed by atoms with Gasteiger partial charge in [-0.1, -0.05) is 5.16 Å². The second kappa shape index (κ2) is 5.43. The zero-order valence-corrected chi connectivity index (χ0v) is 7.40. The Morgan fingerprint density at radius 1 is 1.64 bits per heavy atom. The molecule has 4 heteroatoms. The molecule has 2 N–H and O–H groups in total. The second-order valence-corrected chi connectivity index (χ2v) is 3.54. The maximum atomic E-state index is 5.29. The van der Waals surface area contributed by atoms with Crippen LogP contribution in [0, 0.1) is 0 Å². The first kappa shape index (κ1) is 8.87. The van der Waals surface area contributed by atoms with Crippen molar-refractivity contribution in [3.63, 3.8) is 0 Å². The van der Waals surface area contributed by atoms with Crippen molar-refractivity contribution in [1.29, 1.82) is 0 Å². The molecule has 0 aliphatic carbocycles. The van der Waals surface area contributed by atoms with Gasteiger partial charge in [0.1, 0.15) is 6.61 Å². The van der Waals surface area contributed by atoms with Crippen LogP contribution in [0.4, 0.5) is 0 Å². The molecule has 0 aromatic rings. The van der Waals surface area contributed by atoms with Gasteiger partial charge in [-0.2, -0.15) is 11.8 Å². The fraction of sp³-hybridized carbons (Fsp3) is 0.857. The average molecular weight is 174 g/mol. The largest absolute Gasteiger partial charge is 0.396 e. The highest BCUT2D eigenvalue weighted by atomic mass is 32.2. The molecule has 1 heterocycles. The highest BCUT2D eigenvalue weighted by Gasteiger charge is 2.08. The van der Waals surface area contributed by atoms with Crippen molar-refractivity contribution in [3.05, 3.63) is 0 Å². The first-order valence-corrected chi connectivity index (χ1v) is 5.04. The van der Waals surface area contributed by atoms with Crippen molar-refractivity contribution in [2.45, 2.75) is 12.8 Å². The summed E-state index contributed by atoms with van der Waals surface area (Å²) in [6.07, 6.45) is 1.98. The van der Waals surface area contributed by atoms with E-state index in [1.807, 2.05) is 11.8 Å². The summed E-state index contributed by atoms with van der Waals surface area (Å²) >= 11 is 1.91. The van der Waals surface area contributed by atoms with Gasteiger partial charge in [0.2, 0.25) is 0 Å². The summed E-state index contributed by atoms with van der Waals surface area (Å²) in [5.74, 6) is 2.24. The molecule has 3 nitrogen and oxygen atoms in total. The van der Waals surface area contributed by atoms with Gasteiger partial charge in [-0.05, 0) is 25.1 Å². The number of thioether (sulfide) groups is 1. The number of hydrogen-bond acceptors (Lipinski definition) is 4. The lowest BCUT2D eigenvalue weighted by Gasteiger charge is -1.97.